The molecule has 0 aliphatic carbocycles. The molecule has 1 unspecified atom stereocenters. The van der Waals surface area contributed by atoms with Crippen molar-refractivity contribution in [1.29, 1.82) is 0 Å². The average Bonchev–Trinajstić information content (AvgIpc) is 3.14. The number of ether oxygens (including phenoxy) is 1. The van der Waals surface area contributed by atoms with Gasteiger partial charge >= 0.3 is 0 Å². The Morgan fingerprint density at radius 2 is 1.82 bits per heavy atom. The molecule has 2 atom stereocenters. The van der Waals surface area contributed by atoms with Crippen LogP contribution in [0.3, 0.4) is 0 Å². The van der Waals surface area contributed by atoms with Crippen molar-refractivity contribution in [2.45, 2.75) is 31.5 Å². The molecule has 2 aromatic heterocycles. The van der Waals surface area contributed by atoms with E-state index >= 15 is 8.78 Å². The lowest BCUT2D eigenvalue weighted by Gasteiger charge is -2.36. The van der Waals surface area contributed by atoms with Crippen LogP contribution < -0.4 is 10.5 Å². The van der Waals surface area contributed by atoms with Crippen LogP contribution in [0.5, 0.6) is 5.75 Å². The van der Waals surface area contributed by atoms with Crippen LogP contribution in [-0.2, 0) is 5.60 Å². The van der Waals surface area contributed by atoms with Gasteiger partial charge in [-0.3, -0.25) is 0 Å². The van der Waals surface area contributed by atoms with Crippen LogP contribution in [0.15, 0.2) is 60.8 Å². The second kappa shape index (κ2) is 8.40. The third kappa shape index (κ3) is 4.36. The highest BCUT2D eigenvalue weighted by Gasteiger charge is 2.45. The molecule has 0 radical (unpaired) electrons. The Hall–Kier alpha value is -3.59. The van der Waals surface area contributed by atoms with Crippen molar-refractivity contribution in [2.75, 3.05) is 12.3 Å². The minimum Gasteiger partial charge on any atom is -0.490 e. The van der Waals surface area contributed by atoms with Gasteiger partial charge in [-0.25, -0.2) is 17.7 Å². The fourth-order valence-corrected chi connectivity index (χ4v) is 3.58. The summed E-state index contributed by atoms with van der Waals surface area (Å²) in [6.07, 6.45) is 1.39. The minimum absolute atomic E-state index is 0.0504. The summed E-state index contributed by atoms with van der Waals surface area (Å²) in [5, 5.41) is 14.8. The maximum absolute atomic E-state index is 15.4. The van der Waals surface area contributed by atoms with Gasteiger partial charge in [-0.2, -0.15) is 4.98 Å². The summed E-state index contributed by atoms with van der Waals surface area (Å²) >= 11 is 0. The topological polar surface area (TPSA) is 85.7 Å². The van der Waals surface area contributed by atoms with Gasteiger partial charge < -0.3 is 15.6 Å². The number of anilines is 1. The summed E-state index contributed by atoms with van der Waals surface area (Å²) in [7, 11) is 0. The second-order valence-corrected chi connectivity index (χ2v) is 8.18. The molecule has 0 aliphatic rings. The standard InChI is InChI=1S/C24H23F3N4O2/c1-23(27,24(2,32)16-6-8-17(25)9-7-16)11-13-33-19-5-3-4-18(21(19)26)15-10-12-31-20(14-15)29-22(28)30-31/h3-10,12,14,32H,11,13H2,1-2H3,(H2,28,30)/t23?,24-/m1/s1. The van der Waals surface area contributed by atoms with Crippen LogP contribution in [-0.4, -0.2) is 32.0 Å². The molecule has 9 heteroatoms. The first-order valence-corrected chi connectivity index (χ1v) is 10.3. The lowest BCUT2D eigenvalue weighted by molar-refractivity contribution is -0.0955. The maximum Gasteiger partial charge on any atom is 0.240 e. The van der Waals surface area contributed by atoms with Crippen LogP contribution in [0.1, 0.15) is 25.8 Å². The Morgan fingerprint density at radius 1 is 1.09 bits per heavy atom. The maximum atomic E-state index is 15.4. The van der Waals surface area contributed by atoms with Crippen LogP contribution in [0.25, 0.3) is 16.8 Å². The van der Waals surface area contributed by atoms with Crippen LogP contribution in [0.4, 0.5) is 19.1 Å². The number of rotatable bonds is 7. The van der Waals surface area contributed by atoms with E-state index in [0.29, 0.717) is 11.2 Å². The SMILES string of the molecule is CC(F)(CCOc1cccc(-c2ccn3nc(N)nc3c2)c1F)[C@](C)(O)c1ccc(F)cc1. The number of aliphatic hydroxyl groups is 1. The van der Waals surface area contributed by atoms with Gasteiger partial charge in [-0.05, 0) is 55.3 Å². The van der Waals surface area contributed by atoms with Gasteiger partial charge in [-0.15, -0.1) is 5.10 Å². The number of hydrogen-bond donors (Lipinski definition) is 2. The molecule has 0 saturated carbocycles. The van der Waals surface area contributed by atoms with E-state index < -0.39 is 22.9 Å². The molecule has 3 N–H and O–H groups in total. The highest BCUT2D eigenvalue weighted by atomic mass is 19.1. The lowest BCUT2D eigenvalue weighted by atomic mass is 9.79. The molecule has 172 valence electrons. The number of pyridine rings is 1. The normalized spacial score (nSPS) is 15.2. The third-order valence-electron chi connectivity index (χ3n) is 5.88. The number of alkyl halides is 1. The van der Waals surface area contributed by atoms with Gasteiger partial charge in [-0.1, -0.05) is 24.3 Å². The number of hydrogen-bond acceptors (Lipinski definition) is 5. The minimum atomic E-state index is -2.13. The Morgan fingerprint density at radius 3 is 2.55 bits per heavy atom. The molecule has 6 nitrogen and oxygen atoms in total. The first-order valence-electron chi connectivity index (χ1n) is 10.3. The number of nitrogens with zero attached hydrogens (tertiary/aromatic N) is 3. The zero-order chi connectivity index (χ0) is 23.8. The van der Waals surface area contributed by atoms with E-state index in [9.17, 15) is 9.50 Å². The first-order chi connectivity index (χ1) is 15.6. The third-order valence-corrected chi connectivity index (χ3v) is 5.88. The summed E-state index contributed by atoms with van der Waals surface area (Å²) in [5.41, 5.74) is 3.08. The number of nitrogen functional groups attached to an aromatic ring is 1. The molecule has 2 aromatic carbocycles. The molecule has 0 spiro atoms. The molecule has 0 amide bonds. The van der Waals surface area contributed by atoms with Crippen molar-refractivity contribution < 1.29 is 23.0 Å². The van der Waals surface area contributed by atoms with Crippen LogP contribution in [0.2, 0.25) is 0 Å². The average molecular weight is 456 g/mol. The molecule has 0 fully saturated rings. The highest BCUT2D eigenvalue weighted by Crippen LogP contribution is 2.38. The fourth-order valence-electron chi connectivity index (χ4n) is 3.58. The van der Waals surface area contributed by atoms with Crippen molar-refractivity contribution in [3.63, 3.8) is 0 Å². The van der Waals surface area contributed by atoms with Crippen molar-refractivity contribution in [1.82, 2.24) is 14.6 Å². The molecule has 33 heavy (non-hydrogen) atoms. The van der Waals surface area contributed by atoms with Gasteiger partial charge in [0.15, 0.2) is 17.2 Å². The summed E-state index contributed by atoms with van der Waals surface area (Å²) in [6.45, 7) is 2.35. The van der Waals surface area contributed by atoms with Gasteiger partial charge in [0.1, 0.15) is 17.1 Å². The first kappa shape index (κ1) is 22.6. The van der Waals surface area contributed by atoms with Crippen LogP contribution >= 0.6 is 0 Å². The summed E-state index contributed by atoms with van der Waals surface area (Å²) in [5.74, 6) is -1.04. The highest BCUT2D eigenvalue weighted by molar-refractivity contribution is 5.69. The zero-order valence-corrected chi connectivity index (χ0v) is 18.1. The predicted molar refractivity (Wildman–Crippen MR) is 118 cm³/mol. The van der Waals surface area contributed by atoms with E-state index in [1.54, 1.807) is 30.5 Å². The monoisotopic (exact) mass is 456 g/mol. The molecular formula is C24H23F3N4O2. The Labute approximate surface area is 188 Å². The lowest BCUT2D eigenvalue weighted by Crippen LogP contribution is -2.45. The Balaban J connectivity index is 1.50. The second-order valence-electron chi connectivity index (χ2n) is 8.18. The van der Waals surface area contributed by atoms with E-state index in [0.717, 1.165) is 12.1 Å². The summed E-state index contributed by atoms with van der Waals surface area (Å²) in [6, 6.07) is 12.9. The van der Waals surface area contributed by atoms with E-state index in [4.69, 9.17) is 10.5 Å². The van der Waals surface area contributed by atoms with Crippen molar-refractivity contribution in [2.24, 2.45) is 0 Å². The van der Waals surface area contributed by atoms with Crippen molar-refractivity contribution in [3.05, 3.63) is 78.0 Å². The zero-order valence-electron chi connectivity index (χ0n) is 18.1. The fraction of sp³-hybridized carbons (Fsp3) is 0.250. The molecular weight excluding hydrogens is 433 g/mol. The predicted octanol–water partition coefficient (Wildman–Crippen LogP) is 4.66. The van der Waals surface area contributed by atoms with E-state index in [1.165, 1.54) is 36.6 Å². The quantitative estimate of drug-likeness (QED) is 0.422. The number of fused-ring (bicyclic) bond motifs is 1. The van der Waals surface area contributed by atoms with E-state index in [2.05, 4.69) is 10.1 Å². The largest absolute Gasteiger partial charge is 0.490 e. The Bertz CT molecular complexity index is 1290. The van der Waals surface area contributed by atoms with Gasteiger partial charge in [0.2, 0.25) is 5.95 Å². The number of benzene rings is 2. The Kier molecular flexibility index (Phi) is 5.75. The van der Waals surface area contributed by atoms with Gasteiger partial charge in [0.25, 0.3) is 0 Å². The van der Waals surface area contributed by atoms with Gasteiger partial charge in [0, 0.05) is 18.2 Å². The molecule has 0 saturated heterocycles. The summed E-state index contributed by atoms with van der Waals surface area (Å²) in [4.78, 5) is 4.07. The van der Waals surface area contributed by atoms with Crippen molar-refractivity contribution >= 4 is 11.6 Å². The molecule has 0 bridgehead atoms. The summed E-state index contributed by atoms with van der Waals surface area (Å²) < 4.78 is 50.8. The number of aromatic nitrogens is 3. The van der Waals surface area contributed by atoms with Gasteiger partial charge in [0.05, 0.1) is 6.61 Å². The molecule has 4 aromatic rings. The van der Waals surface area contributed by atoms with E-state index in [1.807, 2.05) is 0 Å². The number of halogens is 3. The molecule has 0 aliphatic heterocycles. The number of nitrogens with two attached hydrogens (primary N) is 1. The van der Waals surface area contributed by atoms with E-state index in [-0.39, 0.29) is 35.9 Å². The molecule has 2 heterocycles. The molecule has 4 rings (SSSR count). The van der Waals surface area contributed by atoms with Crippen LogP contribution in [0, 0.1) is 11.6 Å². The van der Waals surface area contributed by atoms with Crippen molar-refractivity contribution in [3.8, 4) is 16.9 Å². The smallest absolute Gasteiger partial charge is 0.240 e.